The molecule has 1 aromatic carbocycles. The van der Waals surface area contributed by atoms with Crippen LogP contribution in [0.2, 0.25) is 0 Å². The number of ether oxygens (including phenoxy) is 1. The number of morpholine rings is 1. The van der Waals surface area contributed by atoms with Crippen molar-refractivity contribution in [1.82, 2.24) is 9.62 Å². The van der Waals surface area contributed by atoms with E-state index in [0.29, 0.717) is 31.6 Å². The second-order valence-electron chi connectivity index (χ2n) is 6.53. The van der Waals surface area contributed by atoms with E-state index < -0.39 is 27.8 Å². The van der Waals surface area contributed by atoms with Gasteiger partial charge < -0.3 is 15.2 Å². The molecule has 1 aliphatic rings. The minimum Gasteiger partial charge on any atom is -0.481 e. The van der Waals surface area contributed by atoms with Gasteiger partial charge in [-0.05, 0) is 31.0 Å². The third-order valence-corrected chi connectivity index (χ3v) is 6.57. The van der Waals surface area contributed by atoms with Gasteiger partial charge in [-0.2, -0.15) is 4.31 Å². The summed E-state index contributed by atoms with van der Waals surface area (Å²) in [5, 5.41) is 11.8. The van der Waals surface area contributed by atoms with Gasteiger partial charge in [-0.1, -0.05) is 19.4 Å². The lowest BCUT2D eigenvalue weighted by molar-refractivity contribution is -0.141. The number of aliphatic carboxylic acids is 1. The molecule has 1 unspecified atom stereocenters. The Balaban J connectivity index is 2.18. The van der Waals surface area contributed by atoms with Gasteiger partial charge in [0.1, 0.15) is 0 Å². The predicted molar refractivity (Wildman–Crippen MR) is 99.1 cm³/mol. The van der Waals surface area contributed by atoms with Gasteiger partial charge in [-0.15, -0.1) is 0 Å². The van der Waals surface area contributed by atoms with Gasteiger partial charge in [-0.3, -0.25) is 9.59 Å². The summed E-state index contributed by atoms with van der Waals surface area (Å²) < 4.78 is 32.3. The Bertz CT molecular complexity index is 787. The zero-order chi connectivity index (χ0) is 20.0. The van der Waals surface area contributed by atoms with E-state index in [4.69, 9.17) is 4.74 Å². The van der Waals surface area contributed by atoms with Crippen LogP contribution in [-0.4, -0.2) is 62.6 Å². The van der Waals surface area contributed by atoms with E-state index in [0.717, 1.165) is 0 Å². The molecule has 1 fully saturated rings. The Morgan fingerprint density at radius 3 is 2.56 bits per heavy atom. The molecule has 0 spiro atoms. The molecule has 2 N–H and O–H groups in total. The number of hydrogen-bond acceptors (Lipinski definition) is 5. The Kier molecular flexibility index (Phi) is 7.34. The Morgan fingerprint density at radius 1 is 1.30 bits per heavy atom. The Morgan fingerprint density at radius 2 is 1.96 bits per heavy atom. The first-order valence-electron chi connectivity index (χ1n) is 8.97. The summed E-state index contributed by atoms with van der Waals surface area (Å²) in [5.41, 5.74) is 0.737. The van der Waals surface area contributed by atoms with Crippen LogP contribution in [0.1, 0.15) is 35.7 Å². The standard InChI is InChI=1S/C18H26N2O6S/c1-3-4-15(18(22)23)12-19-17(21)14-6-5-13(2)16(11-14)27(24,25)20-7-9-26-10-8-20/h5-6,11,15H,3-4,7-10,12H2,1-2H3,(H,19,21)(H,22,23). The number of sulfonamides is 1. The lowest BCUT2D eigenvalue weighted by atomic mass is 10.0. The molecule has 9 heteroatoms. The van der Waals surface area contributed by atoms with Crippen molar-refractivity contribution in [3.63, 3.8) is 0 Å². The Labute approximate surface area is 159 Å². The van der Waals surface area contributed by atoms with Gasteiger partial charge in [0, 0.05) is 25.2 Å². The number of nitrogens with one attached hydrogen (secondary N) is 1. The molecule has 1 atom stereocenters. The lowest BCUT2D eigenvalue weighted by Gasteiger charge is -2.26. The van der Waals surface area contributed by atoms with E-state index in [9.17, 15) is 23.1 Å². The number of carbonyl (C=O) groups is 2. The quantitative estimate of drug-likeness (QED) is 0.681. The molecular formula is C18H26N2O6S. The number of benzene rings is 1. The van der Waals surface area contributed by atoms with Crippen molar-refractivity contribution in [2.24, 2.45) is 5.92 Å². The maximum absolute atomic E-state index is 12.9. The smallest absolute Gasteiger partial charge is 0.308 e. The van der Waals surface area contributed by atoms with Crippen molar-refractivity contribution in [2.75, 3.05) is 32.8 Å². The van der Waals surface area contributed by atoms with Crippen molar-refractivity contribution in [1.29, 1.82) is 0 Å². The number of hydrogen-bond donors (Lipinski definition) is 2. The van der Waals surface area contributed by atoms with Crippen LogP contribution in [0.5, 0.6) is 0 Å². The first kappa shape index (κ1) is 21.3. The molecule has 0 aliphatic carbocycles. The fraction of sp³-hybridized carbons (Fsp3) is 0.556. The normalized spacial score (nSPS) is 16.7. The molecule has 0 bridgehead atoms. The van der Waals surface area contributed by atoms with E-state index in [-0.39, 0.29) is 30.1 Å². The van der Waals surface area contributed by atoms with Crippen molar-refractivity contribution >= 4 is 21.9 Å². The SMILES string of the molecule is CCCC(CNC(=O)c1ccc(C)c(S(=O)(=O)N2CCOCC2)c1)C(=O)O. The lowest BCUT2D eigenvalue weighted by Crippen LogP contribution is -2.41. The largest absolute Gasteiger partial charge is 0.481 e. The molecule has 0 radical (unpaired) electrons. The molecule has 1 heterocycles. The number of aryl methyl sites for hydroxylation is 1. The van der Waals surface area contributed by atoms with E-state index >= 15 is 0 Å². The topological polar surface area (TPSA) is 113 Å². The predicted octanol–water partition coefficient (Wildman–Crippen LogP) is 1.25. The number of carboxylic acids is 1. The summed E-state index contributed by atoms with van der Waals surface area (Å²) >= 11 is 0. The minimum absolute atomic E-state index is 0.00142. The van der Waals surface area contributed by atoms with Gasteiger partial charge in [0.05, 0.1) is 24.0 Å². The molecule has 150 valence electrons. The zero-order valence-electron chi connectivity index (χ0n) is 15.6. The number of carbonyl (C=O) groups excluding carboxylic acids is 1. The van der Waals surface area contributed by atoms with Crippen molar-refractivity contribution < 1.29 is 27.9 Å². The average molecular weight is 398 g/mol. The maximum atomic E-state index is 12.9. The second-order valence-corrected chi connectivity index (χ2v) is 8.44. The van der Waals surface area contributed by atoms with Crippen molar-refractivity contribution in [3.8, 4) is 0 Å². The zero-order valence-corrected chi connectivity index (χ0v) is 16.4. The van der Waals surface area contributed by atoms with Crippen LogP contribution in [0.25, 0.3) is 0 Å². The molecule has 1 aromatic rings. The van der Waals surface area contributed by atoms with Crippen molar-refractivity contribution in [2.45, 2.75) is 31.6 Å². The third kappa shape index (κ3) is 5.27. The fourth-order valence-corrected chi connectivity index (χ4v) is 4.58. The first-order chi connectivity index (χ1) is 12.8. The molecule has 8 nitrogen and oxygen atoms in total. The van der Waals surface area contributed by atoms with Crippen LogP contribution in [0.15, 0.2) is 23.1 Å². The third-order valence-electron chi connectivity index (χ3n) is 4.53. The number of amides is 1. The monoisotopic (exact) mass is 398 g/mol. The average Bonchev–Trinajstić information content (AvgIpc) is 2.65. The Hall–Kier alpha value is -1.97. The van der Waals surface area contributed by atoms with Gasteiger partial charge in [0.15, 0.2) is 0 Å². The summed E-state index contributed by atoms with van der Waals surface area (Å²) in [5.74, 6) is -2.12. The highest BCUT2D eigenvalue weighted by Gasteiger charge is 2.28. The molecule has 1 aliphatic heterocycles. The fourth-order valence-electron chi connectivity index (χ4n) is 2.92. The van der Waals surface area contributed by atoms with Crippen molar-refractivity contribution in [3.05, 3.63) is 29.3 Å². The summed E-state index contributed by atoms with van der Waals surface area (Å²) in [7, 11) is -3.72. The summed E-state index contributed by atoms with van der Waals surface area (Å²) in [6, 6.07) is 4.48. The van der Waals surface area contributed by atoms with E-state index in [1.807, 2.05) is 6.92 Å². The molecule has 1 saturated heterocycles. The van der Waals surface area contributed by atoms with Crippen LogP contribution < -0.4 is 5.32 Å². The summed E-state index contributed by atoms with van der Waals surface area (Å²) in [4.78, 5) is 23.7. The van der Waals surface area contributed by atoms with Gasteiger partial charge in [0.25, 0.3) is 5.91 Å². The molecule has 1 amide bonds. The molecular weight excluding hydrogens is 372 g/mol. The molecule has 0 saturated carbocycles. The van der Waals surface area contributed by atoms with Crippen LogP contribution >= 0.6 is 0 Å². The number of nitrogens with zero attached hydrogens (tertiary/aromatic N) is 1. The van der Waals surface area contributed by atoms with Crippen LogP contribution in [0, 0.1) is 12.8 Å². The number of carboxylic acid groups (broad SMARTS) is 1. The van der Waals surface area contributed by atoms with Crippen LogP contribution in [0.3, 0.4) is 0 Å². The molecule has 27 heavy (non-hydrogen) atoms. The van der Waals surface area contributed by atoms with E-state index in [2.05, 4.69) is 5.32 Å². The summed E-state index contributed by atoms with van der Waals surface area (Å²) in [6.45, 7) is 4.78. The van der Waals surface area contributed by atoms with Gasteiger partial charge in [-0.25, -0.2) is 8.42 Å². The summed E-state index contributed by atoms with van der Waals surface area (Å²) in [6.07, 6.45) is 1.15. The van der Waals surface area contributed by atoms with Gasteiger partial charge in [0.2, 0.25) is 10.0 Å². The van der Waals surface area contributed by atoms with Crippen LogP contribution in [-0.2, 0) is 19.6 Å². The highest BCUT2D eigenvalue weighted by atomic mass is 32.2. The first-order valence-corrected chi connectivity index (χ1v) is 10.4. The van der Waals surface area contributed by atoms with E-state index in [1.54, 1.807) is 19.1 Å². The highest BCUT2D eigenvalue weighted by molar-refractivity contribution is 7.89. The van der Waals surface area contributed by atoms with E-state index in [1.165, 1.54) is 10.4 Å². The minimum atomic E-state index is -3.72. The molecule has 2 rings (SSSR count). The van der Waals surface area contributed by atoms with Crippen LogP contribution in [0.4, 0.5) is 0 Å². The maximum Gasteiger partial charge on any atom is 0.308 e. The van der Waals surface area contributed by atoms with Gasteiger partial charge >= 0.3 is 5.97 Å². The highest BCUT2D eigenvalue weighted by Crippen LogP contribution is 2.22. The second kappa shape index (κ2) is 9.29. The molecule has 0 aromatic heterocycles. The number of rotatable bonds is 8.